The highest BCUT2D eigenvalue weighted by Crippen LogP contribution is 2.42. The van der Waals surface area contributed by atoms with E-state index in [0.29, 0.717) is 52.0 Å². The summed E-state index contributed by atoms with van der Waals surface area (Å²) in [5.41, 5.74) is 29.0. The Morgan fingerprint density at radius 3 is 0.985 bits per heavy atom. The second-order valence-electron chi connectivity index (χ2n) is 17.2. The van der Waals surface area contributed by atoms with Crippen molar-refractivity contribution in [1.82, 2.24) is 0 Å². The van der Waals surface area contributed by atoms with Crippen LogP contribution in [-0.2, 0) is 61.5 Å². The first kappa shape index (κ1) is 45.9. The summed E-state index contributed by atoms with van der Waals surface area (Å²) in [5.74, 6) is 3.16. The summed E-state index contributed by atoms with van der Waals surface area (Å²) >= 11 is 0. The van der Waals surface area contributed by atoms with E-state index in [1.807, 2.05) is 36.4 Å². The molecule has 0 aromatic heterocycles. The van der Waals surface area contributed by atoms with Gasteiger partial charge in [0.05, 0.1) is 0 Å². The molecule has 1 aliphatic rings. The molecule has 8 heteroatoms. The number of fused-ring (bicyclic) bond motifs is 8. The Balaban J connectivity index is 1.31. The monoisotopic (exact) mass is 902 g/mol. The standard InChI is InChI=1S/C60H58N2O6/c1-63-39-67-59-53-27-47-21-11-23-49(57(47)65-37-41-13-5-3-6-14-41)29-55-33-52(46-20-10-18-44(26-46)36-62)34-56(60(55)68-40-64-2)30-50-24-12-22-48(58(50)66-38-42-15-7-4-8-16-42)28-54(59)32-51(31-53)45-19-9-17-43(25-45)35-61/h3-26,31-34H,27-30,35-40,61-62H2,1-2H3. The van der Waals surface area contributed by atoms with Crippen molar-refractivity contribution >= 4 is 0 Å². The first-order valence-electron chi connectivity index (χ1n) is 23.2. The van der Waals surface area contributed by atoms with E-state index in [1.54, 1.807) is 14.2 Å². The molecule has 0 unspecified atom stereocenters. The molecule has 344 valence electrons. The Morgan fingerprint density at radius 1 is 0.324 bits per heavy atom. The smallest absolute Gasteiger partial charge is 0.188 e. The molecule has 0 atom stereocenters. The van der Waals surface area contributed by atoms with Gasteiger partial charge in [-0.3, -0.25) is 0 Å². The number of para-hydroxylation sites is 2. The van der Waals surface area contributed by atoms with Gasteiger partial charge in [0.2, 0.25) is 0 Å². The number of rotatable bonds is 16. The highest BCUT2D eigenvalue weighted by atomic mass is 16.7. The predicted molar refractivity (Wildman–Crippen MR) is 270 cm³/mol. The van der Waals surface area contributed by atoms with Crippen molar-refractivity contribution < 1.29 is 28.4 Å². The van der Waals surface area contributed by atoms with E-state index in [2.05, 4.69) is 133 Å². The first-order chi connectivity index (χ1) is 33.5. The molecule has 68 heavy (non-hydrogen) atoms. The van der Waals surface area contributed by atoms with E-state index in [0.717, 1.165) is 112 Å². The third kappa shape index (κ3) is 10.8. The normalized spacial score (nSPS) is 12.1. The minimum Gasteiger partial charge on any atom is -0.488 e. The van der Waals surface area contributed by atoms with Gasteiger partial charge in [-0.15, -0.1) is 0 Å². The number of hydrogen-bond acceptors (Lipinski definition) is 8. The van der Waals surface area contributed by atoms with E-state index in [-0.39, 0.29) is 13.6 Å². The lowest BCUT2D eigenvalue weighted by atomic mass is 9.88. The highest BCUT2D eigenvalue weighted by Gasteiger charge is 2.24. The molecule has 0 saturated carbocycles. The lowest BCUT2D eigenvalue weighted by Gasteiger charge is -2.24. The maximum atomic E-state index is 7.01. The van der Waals surface area contributed by atoms with Gasteiger partial charge in [-0.1, -0.05) is 133 Å². The van der Waals surface area contributed by atoms with Crippen molar-refractivity contribution in [1.29, 1.82) is 0 Å². The molecular weight excluding hydrogens is 845 g/mol. The fourth-order valence-electron chi connectivity index (χ4n) is 9.21. The van der Waals surface area contributed by atoms with Gasteiger partial charge in [0, 0.05) is 53.0 Å². The Hall–Kier alpha value is -7.20. The predicted octanol–water partition coefficient (Wildman–Crippen LogP) is 11.7. The molecule has 0 radical (unpaired) electrons. The summed E-state index contributed by atoms with van der Waals surface area (Å²) in [5, 5.41) is 0. The number of benzene rings is 8. The zero-order valence-electron chi connectivity index (χ0n) is 38.8. The van der Waals surface area contributed by atoms with Crippen LogP contribution >= 0.6 is 0 Å². The summed E-state index contributed by atoms with van der Waals surface area (Å²) in [6.07, 6.45) is 2.04. The van der Waals surface area contributed by atoms with E-state index in [9.17, 15) is 0 Å². The Kier molecular flexibility index (Phi) is 14.9. The van der Waals surface area contributed by atoms with Crippen LogP contribution in [0.3, 0.4) is 0 Å². The third-order valence-corrected chi connectivity index (χ3v) is 12.5. The largest absolute Gasteiger partial charge is 0.488 e. The molecule has 9 rings (SSSR count). The van der Waals surface area contributed by atoms with Crippen molar-refractivity contribution in [3.05, 3.63) is 237 Å². The van der Waals surface area contributed by atoms with Crippen molar-refractivity contribution in [3.8, 4) is 45.3 Å². The number of ether oxygens (including phenoxy) is 6. The highest BCUT2D eigenvalue weighted by molar-refractivity contribution is 5.71. The van der Waals surface area contributed by atoms with Gasteiger partial charge in [-0.05, 0) is 125 Å². The second kappa shape index (κ2) is 22.1. The average Bonchev–Trinajstić information content (AvgIpc) is 3.38. The first-order valence-corrected chi connectivity index (χ1v) is 23.2. The quantitative estimate of drug-likeness (QED) is 0.0924. The summed E-state index contributed by atoms with van der Waals surface area (Å²) in [6.45, 7) is 1.81. The van der Waals surface area contributed by atoms with Gasteiger partial charge >= 0.3 is 0 Å². The van der Waals surface area contributed by atoms with Crippen LogP contribution in [0.5, 0.6) is 23.0 Å². The Morgan fingerprint density at radius 2 is 0.647 bits per heavy atom. The van der Waals surface area contributed by atoms with Crippen LogP contribution in [0.4, 0.5) is 0 Å². The zero-order chi connectivity index (χ0) is 46.7. The molecule has 1 aliphatic carbocycles. The molecule has 8 bridgehead atoms. The van der Waals surface area contributed by atoms with Crippen LogP contribution in [0.2, 0.25) is 0 Å². The molecule has 4 N–H and O–H groups in total. The average molecular weight is 903 g/mol. The fourth-order valence-corrected chi connectivity index (χ4v) is 9.21. The molecule has 0 aliphatic heterocycles. The Bertz CT molecular complexity index is 2680. The maximum absolute atomic E-state index is 7.01. The summed E-state index contributed by atoms with van der Waals surface area (Å²) in [6, 6.07) is 59.4. The molecule has 0 fully saturated rings. The summed E-state index contributed by atoms with van der Waals surface area (Å²) < 4.78 is 38.6. The van der Waals surface area contributed by atoms with Gasteiger partial charge in [0.1, 0.15) is 36.2 Å². The Labute approximate surface area is 400 Å². The van der Waals surface area contributed by atoms with Crippen LogP contribution in [0.25, 0.3) is 22.3 Å². The SMILES string of the molecule is COCOc1c2cc(-c3cccc(CN)c3)cc1Cc1cccc(c1OCc1ccccc1)Cc1cc(-c3cccc(CN)c3)cc(c1OCOC)Cc1cccc(c1OCc1ccccc1)C2. The van der Waals surface area contributed by atoms with Crippen LogP contribution in [0.15, 0.2) is 170 Å². The van der Waals surface area contributed by atoms with E-state index >= 15 is 0 Å². The molecule has 8 aromatic carbocycles. The lowest BCUT2D eigenvalue weighted by molar-refractivity contribution is 0.0497. The molecule has 8 aromatic rings. The molecule has 8 nitrogen and oxygen atoms in total. The van der Waals surface area contributed by atoms with E-state index in [4.69, 9.17) is 39.9 Å². The van der Waals surface area contributed by atoms with Crippen molar-refractivity contribution in [2.24, 2.45) is 11.5 Å². The van der Waals surface area contributed by atoms with Crippen LogP contribution in [-0.4, -0.2) is 27.8 Å². The van der Waals surface area contributed by atoms with Gasteiger partial charge in [0.25, 0.3) is 0 Å². The summed E-state index contributed by atoms with van der Waals surface area (Å²) in [4.78, 5) is 0. The van der Waals surface area contributed by atoms with Gasteiger partial charge in [-0.2, -0.15) is 0 Å². The van der Waals surface area contributed by atoms with Gasteiger partial charge in [-0.25, -0.2) is 0 Å². The molecule has 0 heterocycles. The molecule has 0 amide bonds. The minimum atomic E-state index is 0.0756. The number of nitrogens with two attached hydrogens (primary N) is 2. The maximum Gasteiger partial charge on any atom is 0.188 e. The number of hydrogen-bond donors (Lipinski definition) is 2. The molecular formula is C60H58N2O6. The van der Waals surface area contributed by atoms with Crippen molar-refractivity contribution in [2.75, 3.05) is 27.8 Å². The van der Waals surface area contributed by atoms with Gasteiger partial charge < -0.3 is 39.9 Å². The third-order valence-electron chi connectivity index (χ3n) is 12.5. The van der Waals surface area contributed by atoms with Crippen molar-refractivity contribution in [3.63, 3.8) is 0 Å². The minimum absolute atomic E-state index is 0.0756. The van der Waals surface area contributed by atoms with Gasteiger partial charge in [0.15, 0.2) is 13.6 Å². The van der Waals surface area contributed by atoms with Crippen molar-refractivity contribution in [2.45, 2.75) is 52.0 Å². The van der Waals surface area contributed by atoms with E-state index in [1.165, 1.54) is 0 Å². The van der Waals surface area contributed by atoms with Crippen LogP contribution < -0.4 is 30.4 Å². The van der Waals surface area contributed by atoms with E-state index < -0.39 is 0 Å². The number of methoxy groups -OCH3 is 2. The second-order valence-corrected chi connectivity index (χ2v) is 17.2. The van der Waals surface area contributed by atoms with Crippen LogP contribution in [0, 0.1) is 0 Å². The fraction of sp³-hybridized carbons (Fsp3) is 0.200. The van der Waals surface area contributed by atoms with Crippen LogP contribution in [0.1, 0.15) is 66.8 Å². The lowest BCUT2D eigenvalue weighted by Crippen LogP contribution is -2.11. The molecule has 0 saturated heterocycles. The topological polar surface area (TPSA) is 107 Å². The summed E-state index contributed by atoms with van der Waals surface area (Å²) in [7, 11) is 3.31. The zero-order valence-corrected chi connectivity index (χ0v) is 38.8. The molecule has 0 spiro atoms.